The van der Waals surface area contributed by atoms with Crippen LogP contribution in [0.2, 0.25) is 0 Å². The van der Waals surface area contributed by atoms with Gasteiger partial charge in [-0.3, -0.25) is 0 Å². The van der Waals surface area contributed by atoms with E-state index < -0.39 is 0 Å². The number of hydrogen-bond donors (Lipinski definition) is 2. The summed E-state index contributed by atoms with van der Waals surface area (Å²) in [6, 6.07) is 13.2. The monoisotopic (exact) mass is 258 g/mol. The molecule has 0 aliphatic heterocycles. The minimum Gasteiger partial charge on any atom is -0.377 e. The van der Waals surface area contributed by atoms with E-state index in [0.29, 0.717) is 12.1 Å². The van der Waals surface area contributed by atoms with Crippen LogP contribution in [0.1, 0.15) is 22.7 Å². The lowest BCUT2D eigenvalue weighted by molar-refractivity contribution is 0.613. The number of halogens is 1. The van der Waals surface area contributed by atoms with Gasteiger partial charge in [-0.15, -0.1) is 0 Å². The molecular formula is C16H19FN2. The van der Waals surface area contributed by atoms with Gasteiger partial charge in [0.15, 0.2) is 0 Å². The second kappa shape index (κ2) is 5.85. The summed E-state index contributed by atoms with van der Waals surface area (Å²) in [5.74, 6) is -0.193. The highest BCUT2D eigenvalue weighted by Crippen LogP contribution is 2.21. The second-order valence-electron chi connectivity index (χ2n) is 4.81. The Bertz CT molecular complexity index is 549. The van der Waals surface area contributed by atoms with Crippen LogP contribution in [-0.2, 0) is 0 Å². The minimum atomic E-state index is -0.193. The van der Waals surface area contributed by atoms with Crippen molar-refractivity contribution in [1.29, 1.82) is 0 Å². The molecule has 0 bridgehead atoms. The Morgan fingerprint density at radius 1 is 1.11 bits per heavy atom. The van der Waals surface area contributed by atoms with Gasteiger partial charge in [0.05, 0.1) is 6.04 Å². The molecule has 0 aliphatic carbocycles. The Morgan fingerprint density at radius 3 is 2.37 bits per heavy atom. The molecule has 2 aromatic rings. The number of anilines is 1. The summed E-state index contributed by atoms with van der Waals surface area (Å²) in [6.45, 7) is 4.21. The van der Waals surface area contributed by atoms with E-state index >= 15 is 0 Å². The molecule has 0 aromatic heterocycles. The Hall–Kier alpha value is -1.87. The van der Waals surface area contributed by atoms with Crippen LogP contribution in [0.25, 0.3) is 0 Å². The average molecular weight is 258 g/mol. The molecule has 1 atom stereocenters. The van der Waals surface area contributed by atoms with E-state index in [2.05, 4.69) is 5.32 Å². The summed E-state index contributed by atoms with van der Waals surface area (Å²) in [6.07, 6.45) is 0. The molecule has 0 saturated heterocycles. The number of hydrogen-bond acceptors (Lipinski definition) is 2. The number of rotatable bonds is 4. The van der Waals surface area contributed by atoms with Crippen LogP contribution in [0.15, 0.2) is 42.5 Å². The third-order valence-electron chi connectivity index (χ3n) is 3.23. The molecule has 0 saturated carbocycles. The van der Waals surface area contributed by atoms with Crippen molar-refractivity contribution in [3.63, 3.8) is 0 Å². The summed E-state index contributed by atoms with van der Waals surface area (Å²) in [5, 5.41) is 3.33. The number of nitrogens with one attached hydrogen (secondary N) is 1. The molecule has 2 nitrogen and oxygen atoms in total. The van der Waals surface area contributed by atoms with Gasteiger partial charge in [0.2, 0.25) is 0 Å². The van der Waals surface area contributed by atoms with Crippen LogP contribution in [0, 0.1) is 19.7 Å². The van der Waals surface area contributed by atoms with Gasteiger partial charge in [0.25, 0.3) is 0 Å². The maximum absolute atomic E-state index is 13.6. The first-order valence-corrected chi connectivity index (χ1v) is 6.39. The second-order valence-corrected chi connectivity index (χ2v) is 4.81. The third-order valence-corrected chi connectivity index (χ3v) is 3.23. The standard InChI is InChI=1S/C16H19FN2/c1-11-3-7-14(8-4-11)19-16(10-18)13-6-5-12(2)15(17)9-13/h3-9,16,19H,10,18H2,1-2H3. The van der Waals surface area contributed by atoms with E-state index in [9.17, 15) is 4.39 Å². The van der Waals surface area contributed by atoms with Crippen molar-refractivity contribution in [2.75, 3.05) is 11.9 Å². The van der Waals surface area contributed by atoms with Crippen LogP contribution >= 0.6 is 0 Å². The molecular weight excluding hydrogens is 239 g/mol. The topological polar surface area (TPSA) is 38.0 Å². The molecule has 0 spiro atoms. The summed E-state index contributed by atoms with van der Waals surface area (Å²) < 4.78 is 13.6. The smallest absolute Gasteiger partial charge is 0.126 e. The van der Waals surface area contributed by atoms with Gasteiger partial charge in [0.1, 0.15) is 5.82 Å². The lowest BCUT2D eigenvalue weighted by Crippen LogP contribution is -2.20. The van der Waals surface area contributed by atoms with E-state index in [4.69, 9.17) is 5.73 Å². The van der Waals surface area contributed by atoms with Gasteiger partial charge < -0.3 is 11.1 Å². The fourth-order valence-electron chi connectivity index (χ4n) is 1.96. The van der Waals surface area contributed by atoms with Gasteiger partial charge >= 0.3 is 0 Å². The Kier molecular flexibility index (Phi) is 4.17. The Labute approximate surface area is 113 Å². The maximum Gasteiger partial charge on any atom is 0.126 e. The van der Waals surface area contributed by atoms with Gasteiger partial charge in [-0.25, -0.2) is 4.39 Å². The molecule has 0 fully saturated rings. The van der Waals surface area contributed by atoms with Crippen molar-refractivity contribution < 1.29 is 4.39 Å². The highest BCUT2D eigenvalue weighted by Gasteiger charge is 2.11. The predicted octanol–water partition coefficient (Wildman–Crippen LogP) is 3.55. The lowest BCUT2D eigenvalue weighted by atomic mass is 10.0. The van der Waals surface area contributed by atoms with E-state index in [1.54, 1.807) is 19.1 Å². The van der Waals surface area contributed by atoms with E-state index in [0.717, 1.165) is 11.3 Å². The van der Waals surface area contributed by atoms with E-state index in [-0.39, 0.29) is 11.9 Å². The van der Waals surface area contributed by atoms with Crippen molar-refractivity contribution in [3.05, 3.63) is 65.0 Å². The summed E-state index contributed by atoms with van der Waals surface area (Å²) in [5.41, 5.74) is 9.49. The first kappa shape index (κ1) is 13.6. The van der Waals surface area contributed by atoms with Gasteiger partial charge in [-0.2, -0.15) is 0 Å². The largest absolute Gasteiger partial charge is 0.377 e. The zero-order chi connectivity index (χ0) is 13.8. The molecule has 1 unspecified atom stereocenters. The van der Waals surface area contributed by atoms with Crippen molar-refractivity contribution in [2.45, 2.75) is 19.9 Å². The van der Waals surface area contributed by atoms with Gasteiger partial charge in [0, 0.05) is 12.2 Å². The van der Waals surface area contributed by atoms with Crippen LogP contribution in [0.4, 0.5) is 10.1 Å². The van der Waals surface area contributed by atoms with E-state index in [1.807, 2.05) is 37.3 Å². The fourth-order valence-corrected chi connectivity index (χ4v) is 1.96. The molecule has 0 radical (unpaired) electrons. The molecule has 3 N–H and O–H groups in total. The van der Waals surface area contributed by atoms with Gasteiger partial charge in [-0.1, -0.05) is 29.8 Å². The highest BCUT2D eigenvalue weighted by molar-refractivity contribution is 5.47. The van der Waals surface area contributed by atoms with Crippen molar-refractivity contribution >= 4 is 5.69 Å². The van der Waals surface area contributed by atoms with Crippen LogP contribution < -0.4 is 11.1 Å². The molecule has 2 rings (SSSR count). The van der Waals surface area contributed by atoms with Crippen LogP contribution in [0.3, 0.4) is 0 Å². The first-order chi connectivity index (χ1) is 9.10. The molecule has 19 heavy (non-hydrogen) atoms. The zero-order valence-electron chi connectivity index (χ0n) is 11.3. The van der Waals surface area contributed by atoms with Crippen molar-refractivity contribution in [3.8, 4) is 0 Å². The molecule has 3 heteroatoms. The lowest BCUT2D eigenvalue weighted by Gasteiger charge is -2.19. The zero-order valence-corrected chi connectivity index (χ0v) is 11.3. The Balaban J connectivity index is 2.19. The first-order valence-electron chi connectivity index (χ1n) is 6.39. The normalized spacial score (nSPS) is 12.2. The minimum absolute atomic E-state index is 0.0854. The molecule has 0 amide bonds. The van der Waals surface area contributed by atoms with E-state index in [1.165, 1.54) is 5.56 Å². The molecule has 100 valence electrons. The molecule has 0 heterocycles. The van der Waals surface area contributed by atoms with Crippen LogP contribution in [-0.4, -0.2) is 6.54 Å². The highest BCUT2D eigenvalue weighted by atomic mass is 19.1. The fraction of sp³-hybridized carbons (Fsp3) is 0.250. The average Bonchev–Trinajstić information content (AvgIpc) is 2.41. The number of nitrogens with two attached hydrogens (primary N) is 1. The Morgan fingerprint density at radius 2 is 1.79 bits per heavy atom. The maximum atomic E-state index is 13.6. The quantitative estimate of drug-likeness (QED) is 0.880. The predicted molar refractivity (Wildman–Crippen MR) is 77.7 cm³/mol. The van der Waals surface area contributed by atoms with Crippen molar-refractivity contribution in [1.82, 2.24) is 0 Å². The summed E-state index contributed by atoms with van der Waals surface area (Å²) >= 11 is 0. The SMILES string of the molecule is Cc1ccc(NC(CN)c2ccc(C)c(F)c2)cc1. The van der Waals surface area contributed by atoms with Crippen LogP contribution in [0.5, 0.6) is 0 Å². The molecule has 2 aromatic carbocycles. The summed E-state index contributed by atoms with van der Waals surface area (Å²) in [4.78, 5) is 0. The van der Waals surface area contributed by atoms with Crippen molar-refractivity contribution in [2.24, 2.45) is 5.73 Å². The third kappa shape index (κ3) is 3.32. The number of aryl methyl sites for hydroxylation is 2. The number of benzene rings is 2. The summed E-state index contributed by atoms with van der Waals surface area (Å²) in [7, 11) is 0. The van der Waals surface area contributed by atoms with Gasteiger partial charge in [-0.05, 0) is 43.2 Å². The molecule has 0 aliphatic rings.